The van der Waals surface area contributed by atoms with Crippen LogP contribution in [0.25, 0.3) is 0 Å². The number of halogens is 1. The Morgan fingerprint density at radius 3 is 2.47 bits per heavy atom. The van der Waals surface area contributed by atoms with Crippen LogP contribution in [0.4, 0.5) is 5.13 Å². The maximum absolute atomic E-state index is 4.47. The number of nitrogens with zero attached hydrogens (tertiary/aromatic N) is 3. The number of aromatic nitrogens is 1. The molecule has 1 aromatic rings. The van der Waals surface area contributed by atoms with Gasteiger partial charge in [-0.15, -0.1) is 11.3 Å². The molecule has 0 radical (unpaired) electrons. The predicted molar refractivity (Wildman–Crippen MR) is 68.7 cm³/mol. The van der Waals surface area contributed by atoms with Crippen molar-refractivity contribution < 1.29 is 0 Å². The number of anilines is 1. The first kappa shape index (κ1) is 11.4. The second kappa shape index (κ2) is 4.39. The summed E-state index contributed by atoms with van der Waals surface area (Å²) in [5.74, 6) is 0. The van der Waals surface area contributed by atoms with Gasteiger partial charge in [-0.3, -0.25) is 4.90 Å². The van der Waals surface area contributed by atoms with Crippen LogP contribution in [0.3, 0.4) is 0 Å². The number of likely N-dealkylation sites (N-methyl/N-ethyl adjacent to an activating group) is 1. The van der Waals surface area contributed by atoms with Gasteiger partial charge in [-0.25, -0.2) is 4.98 Å². The summed E-state index contributed by atoms with van der Waals surface area (Å²) in [6, 6.07) is 1.19. The number of hydrogen-bond donors (Lipinski definition) is 0. The van der Waals surface area contributed by atoms with E-state index in [9.17, 15) is 0 Å². The molecule has 0 amide bonds. The second-order valence-electron chi connectivity index (χ2n) is 4.22. The Morgan fingerprint density at radius 2 is 2.00 bits per heavy atom. The zero-order valence-corrected chi connectivity index (χ0v) is 11.7. The van der Waals surface area contributed by atoms with Gasteiger partial charge in [-0.05, 0) is 36.8 Å². The van der Waals surface area contributed by atoms with Gasteiger partial charge in [0.25, 0.3) is 0 Å². The molecule has 1 fully saturated rings. The lowest BCUT2D eigenvalue weighted by atomic mass is 10.1. The van der Waals surface area contributed by atoms with Crippen molar-refractivity contribution in [2.45, 2.75) is 25.9 Å². The van der Waals surface area contributed by atoms with Crippen molar-refractivity contribution in [1.29, 1.82) is 0 Å². The van der Waals surface area contributed by atoms with Crippen LogP contribution in [0.2, 0.25) is 0 Å². The smallest absolute Gasteiger partial charge is 0.186 e. The second-order valence-corrected chi connectivity index (χ2v) is 5.87. The summed E-state index contributed by atoms with van der Waals surface area (Å²) in [6.45, 7) is 6.68. The van der Waals surface area contributed by atoms with E-state index in [0.717, 1.165) is 22.8 Å². The van der Waals surface area contributed by atoms with Crippen LogP contribution in [-0.2, 0) is 0 Å². The Bertz CT molecular complexity index is 329. The van der Waals surface area contributed by atoms with Crippen molar-refractivity contribution in [1.82, 2.24) is 9.88 Å². The number of hydrogen-bond acceptors (Lipinski definition) is 4. The number of thiazole rings is 1. The van der Waals surface area contributed by atoms with Crippen molar-refractivity contribution in [2.24, 2.45) is 0 Å². The molecule has 1 aliphatic rings. The Balaban J connectivity index is 2.12. The summed E-state index contributed by atoms with van der Waals surface area (Å²) in [6.07, 6.45) is 0. The SMILES string of the molecule is C[C@@H]1CN(c2nc(Br)cs2)C[C@H](C)N1C. The molecule has 0 spiro atoms. The van der Waals surface area contributed by atoms with Gasteiger partial charge in [-0.2, -0.15) is 0 Å². The molecule has 15 heavy (non-hydrogen) atoms. The molecule has 0 saturated carbocycles. The van der Waals surface area contributed by atoms with Gasteiger partial charge in [0, 0.05) is 30.6 Å². The first-order chi connectivity index (χ1) is 7.08. The first-order valence-corrected chi connectivity index (χ1v) is 6.83. The Labute approximate surface area is 103 Å². The molecule has 0 aromatic carbocycles. The van der Waals surface area contributed by atoms with Crippen LogP contribution in [0.1, 0.15) is 13.8 Å². The Morgan fingerprint density at radius 1 is 1.40 bits per heavy atom. The van der Waals surface area contributed by atoms with Crippen LogP contribution >= 0.6 is 27.3 Å². The van der Waals surface area contributed by atoms with Crippen LogP contribution in [0, 0.1) is 0 Å². The highest BCUT2D eigenvalue weighted by Crippen LogP contribution is 2.26. The maximum atomic E-state index is 4.47. The summed E-state index contributed by atoms with van der Waals surface area (Å²) >= 11 is 5.11. The summed E-state index contributed by atoms with van der Waals surface area (Å²) in [5, 5.41) is 3.18. The molecular formula is C10H16BrN3S. The zero-order chi connectivity index (χ0) is 11.0. The monoisotopic (exact) mass is 289 g/mol. The molecule has 84 valence electrons. The normalized spacial score (nSPS) is 28.4. The van der Waals surface area contributed by atoms with Crippen LogP contribution in [-0.4, -0.2) is 42.1 Å². The van der Waals surface area contributed by atoms with Gasteiger partial charge in [0.15, 0.2) is 5.13 Å². The van der Waals surface area contributed by atoms with E-state index in [4.69, 9.17) is 0 Å². The minimum absolute atomic E-state index is 0.594. The molecule has 0 N–H and O–H groups in total. The van der Waals surface area contributed by atoms with Crippen molar-refractivity contribution in [2.75, 3.05) is 25.0 Å². The molecule has 1 aliphatic heterocycles. The number of piperazine rings is 1. The predicted octanol–water partition coefficient (Wildman–Crippen LogP) is 2.43. The molecule has 3 nitrogen and oxygen atoms in total. The van der Waals surface area contributed by atoms with Crippen molar-refractivity contribution in [3.63, 3.8) is 0 Å². The van der Waals surface area contributed by atoms with E-state index >= 15 is 0 Å². The van der Waals surface area contributed by atoms with Crippen LogP contribution in [0.5, 0.6) is 0 Å². The average Bonchev–Trinajstić information content (AvgIpc) is 2.60. The van der Waals surface area contributed by atoms with Gasteiger partial charge in [0.1, 0.15) is 4.60 Å². The molecule has 1 saturated heterocycles. The molecule has 1 aromatic heterocycles. The zero-order valence-electron chi connectivity index (χ0n) is 9.27. The van der Waals surface area contributed by atoms with E-state index in [1.165, 1.54) is 0 Å². The molecule has 5 heteroatoms. The minimum Gasteiger partial charge on any atom is -0.345 e. The van der Waals surface area contributed by atoms with Crippen LogP contribution < -0.4 is 4.90 Å². The van der Waals surface area contributed by atoms with E-state index in [1.807, 2.05) is 5.38 Å². The number of rotatable bonds is 1. The Hall–Kier alpha value is -0.130. The van der Waals surface area contributed by atoms with E-state index in [0.29, 0.717) is 12.1 Å². The molecule has 2 heterocycles. The van der Waals surface area contributed by atoms with Gasteiger partial charge in [0.2, 0.25) is 0 Å². The van der Waals surface area contributed by atoms with E-state index in [1.54, 1.807) is 11.3 Å². The largest absolute Gasteiger partial charge is 0.345 e. The van der Waals surface area contributed by atoms with Gasteiger partial charge < -0.3 is 4.90 Å². The summed E-state index contributed by atoms with van der Waals surface area (Å²) in [4.78, 5) is 9.28. The molecule has 2 rings (SSSR count). The van der Waals surface area contributed by atoms with Crippen molar-refractivity contribution in [3.8, 4) is 0 Å². The third-order valence-corrected chi connectivity index (χ3v) is 4.70. The molecule has 2 atom stereocenters. The third-order valence-electron chi connectivity index (χ3n) is 3.09. The lowest BCUT2D eigenvalue weighted by Crippen LogP contribution is -2.55. The lowest BCUT2D eigenvalue weighted by Gasteiger charge is -2.42. The summed E-state index contributed by atoms with van der Waals surface area (Å²) in [7, 11) is 2.20. The lowest BCUT2D eigenvalue weighted by molar-refractivity contribution is 0.170. The standard InChI is InChI=1S/C10H16BrN3S/c1-7-4-14(5-8(2)13(7)3)10-12-9(11)6-15-10/h6-8H,4-5H2,1-3H3/t7-,8+. The average molecular weight is 290 g/mol. The molecule has 0 unspecified atom stereocenters. The molecule has 0 bridgehead atoms. The highest BCUT2D eigenvalue weighted by Gasteiger charge is 2.27. The van der Waals surface area contributed by atoms with Crippen molar-refractivity contribution >= 4 is 32.4 Å². The summed E-state index contributed by atoms with van der Waals surface area (Å²) < 4.78 is 0.946. The molecular weight excluding hydrogens is 274 g/mol. The summed E-state index contributed by atoms with van der Waals surface area (Å²) in [5.41, 5.74) is 0. The van der Waals surface area contributed by atoms with Gasteiger partial charge in [0.05, 0.1) is 0 Å². The van der Waals surface area contributed by atoms with Crippen molar-refractivity contribution in [3.05, 3.63) is 9.98 Å². The fraction of sp³-hybridized carbons (Fsp3) is 0.700. The van der Waals surface area contributed by atoms with Gasteiger partial charge in [-0.1, -0.05) is 0 Å². The Kier molecular flexibility index (Phi) is 3.33. The van der Waals surface area contributed by atoms with E-state index < -0.39 is 0 Å². The quantitative estimate of drug-likeness (QED) is 0.792. The third kappa shape index (κ3) is 2.34. The first-order valence-electron chi connectivity index (χ1n) is 5.16. The minimum atomic E-state index is 0.594. The van der Waals surface area contributed by atoms with E-state index in [-0.39, 0.29) is 0 Å². The topological polar surface area (TPSA) is 19.4 Å². The van der Waals surface area contributed by atoms with Crippen LogP contribution in [0.15, 0.2) is 9.98 Å². The maximum Gasteiger partial charge on any atom is 0.186 e. The fourth-order valence-corrected chi connectivity index (χ4v) is 3.22. The fourth-order valence-electron chi connectivity index (χ4n) is 1.95. The highest BCUT2D eigenvalue weighted by molar-refractivity contribution is 9.10. The van der Waals surface area contributed by atoms with Gasteiger partial charge >= 0.3 is 0 Å². The molecule has 0 aliphatic carbocycles. The highest BCUT2D eigenvalue weighted by atomic mass is 79.9. The van der Waals surface area contributed by atoms with E-state index in [2.05, 4.69) is 51.6 Å².